The predicted molar refractivity (Wildman–Crippen MR) is 87.7 cm³/mol. The zero-order valence-corrected chi connectivity index (χ0v) is 13.6. The van der Waals surface area contributed by atoms with Crippen molar-refractivity contribution in [1.29, 1.82) is 0 Å². The minimum atomic E-state index is -0.0102. The molecule has 3 heterocycles. The molecule has 0 radical (unpaired) electrons. The third-order valence-corrected chi connectivity index (χ3v) is 4.15. The molecule has 2 aromatic heterocycles. The molecule has 3 rings (SSSR count). The van der Waals surface area contributed by atoms with Crippen molar-refractivity contribution in [2.24, 2.45) is 7.05 Å². The fourth-order valence-corrected chi connectivity index (χ4v) is 2.68. The molecular formula is C16H22N6O. The number of urea groups is 1. The standard InChI is InChI=1S/C16H22N6O/c1-20-5-7-22(8-6-20)16(23)18-11-13-9-14(12-17-10-13)15-3-4-19-21(15)2/h3-4,9-10,12H,5-8,11H2,1-2H3,(H,18,23). The molecule has 7 nitrogen and oxygen atoms in total. The first-order valence-electron chi connectivity index (χ1n) is 7.77. The quantitative estimate of drug-likeness (QED) is 0.915. The third-order valence-electron chi connectivity index (χ3n) is 4.15. The number of nitrogens with one attached hydrogen (secondary N) is 1. The van der Waals surface area contributed by atoms with Gasteiger partial charge in [0.25, 0.3) is 0 Å². The maximum Gasteiger partial charge on any atom is 0.317 e. The van der Waals surface area contributed by atoms with E-state index in [-0.39, 0.29) is 6.03 Å². The number of amides is 2. The van der Waals surface area contributed by atoms with E-state index in [9.17, 15) is 4.79 Å². The number of pyridine rings is 1. The van der Waals surface area contributed by atoms with Gasteiger partial charge in [0.05, 0.1) is 5.69 Å². The van der Waals surface area contributed by atoms with E-state index in [1.807, 2.05) is 35.0 Å². The van der Waals surface area contributed by atoms with E-state index in [1.165, 1.54) is 0 Å². The fourth-order valence-electron chi connectivity index (χ4n) is 2.68. The monoisotopic (exact) mass is 314 g/mol. The lowest BCUT2D eigenvalue weighted by molar-refractivity contribution is 0.154. The average molecular weight is 314 g/mol. The molecular weight excluding hydrogens is 292 g/mol. The highest BCUT2D eigenvalue weighted by Gasteiger charge is 2.18. The maximum atomic E-state index is 12.2. The molecule has 0 bridgehead atoms. The summed E-state index contributed by atoms with van der Waals surface area (Å²) in [4.78, 5) is 20.6. The molecule has 2 amide bonds. The molecule has 7 heteroatoms. The molecule has 1 N–H and O–H groups in total. The highest BCUT2D eigenvalue weighted by Crippen LogP contribution is 2.18. The van der Waals surface area contributed by atoms with Crippen LogP contribution < -0.4 is 5.32 Å². The first kappa shape index (κ1) is 15.5. The van der Waals surface area contributed by atoms with Gasteiger partial charge < -0.3 is 15.1 Å². The Morgan fingerprint density at radius 2 is 2.00 bits per heavy atom. The number of carbonyl (C=O) groups is 1. The molecule has 1 saturated heterocycles. The van der Waals surface area contributed by atoms with Crippen LogP contribution in [0.5, 0.6) is 0 Å². The average Bonchev–Trinajstić information content (AvgIpc) is 3.00. The minimum Gasteiger partial charge on any atom is -0.334 e. The summed E-state index contributed by atoms with van der Waals surface area (Å²) in [5.41, 5.74) is 2.98. The number of piperazine rings is 1. The van der Waals surface area contributed by atoms with Gasteiger partial charge in [-0.15, -0.1) is 0 Å². The molecule has 23 heavy (non-hydrogen) atoms. The first-order chi connectivity index (χ1) is 11.1. The van der Waals surface area contributed by atoms with Gasteiger partial charge in [0.15, 0.2) is 0 Å². The molecule has 0 saturated carbocycles. The van der Waals surface area contributed by atoms with Gasteiger partial charge in [-0.05, 0) is 24.7 Å². The first-order valence-corrected chi connectivity index (χ1v) is 7.77. The van der Waals surface area contributed by atoms with Gasteiger partial charge in [-0.3, -0.25) is 9.67 Å². The van der Waals surface area contributed by atoms with Crippen LogP contribution in [0.1, 0.15) is 5.56 Å². The van der Waals surface area contributed by atoms with E-state index < -0.39 is 0 Å². The Hall–Kier alpha value is -2.41. The van der Waals surface area contributed by atoms with Gasteiger partial charge in [-0.25, -0.2) is 4.79 Å². The number of nitrogens with zero attached hydrogens (tertiary/aromatic N) is 5. The summed E-state index contributed by atoms with van der Waals surface area (Å²) < 4.78 is 1.81. The molecule has 0 unspecified atom stereocenters. The second kappa shape index (κ2) is 6.78. The van der Waals surface area contributed by atoms with E-state index in [0.717, 1.165) is 43.0 Å². The van der Waals surface area contributed by atoms with Crippen LogP contribution in [0.15, 0.2) is 30.7 Å². The molecule has 1 aliphatic heterocycles. The summed E-state index contributed by atoms with van der Waals surface area (Å²) in [6.45, 7) is 3.87. The Morgan fingerprint density at radius 1 is 1.22 bits per heavy atom. The van der Waals surface area contributed by atoms with Crippen molar-refractivity contribution in [2.75, 3.05) is 33.2 Å². The van der Waals surface area contributed by atoms with Crippen molar-refractivity contribution in [3.8, 4) is 11.3 Å². The molecule has 2 aromatic rings. The Bertz CT molecular complexity index is 675. The van der Waals surface area contributed by atoms with Crippen LogP contribution in [-0.4, -0.2) is 63.8 Å². The third kappa shape index (κ3) is 3.68. The number of rotatable bonds is 3. The number of hydrogen-bond donors (Lipinski definition) is 1. The van der Waals surface area contributed by atoms with Gasteiger partial charge >= 0.3 is 6.03 Å². The summed E-state index contributed by atoms with van der Waals surface area (Å²) in [6.07, 6.45) is 5.35. The van der Waals surface area contributed by atoms with Crippen LogP contribution in [0.25, 0.3) is 11.3 Å². The van der Waals surface area contributed by atoms with E-state index in [4.69, 9.17) is 0 Å². The van der Waals surface area contributed by atoms with E-state index in [0.29, 0.717) is 6.54 Å². The predicted octanol–water partition coefficient (Wildman–Crippen LogP) is 0.939. The number of hydrogen-bond acceptors (Lipinski definition) is 4. The second-order valence-electron chi connectivity index (χ2n) is 5.87. The molecule has 1 fully saturated rings. The van der Waals surface area contributed by atoms with E-state index in [1.54, 1.807) is 12.4 Å². The van der Waals surface area contributed by atoms with Gasteiger partial charge in [0.1, 0.15) is 0 Å². The zero-order chi connectivity index (χ0) is 16.2. The number of likely N-dealkylation sites (N-methyl/N-ethyl adjacent to an activating group) is 1. The summed E-state index contributed by atoms with van der Waals surface area (Å²) in [7, 11) is 3.97. The van der Waals surface area contributed by atoms with Crippen molar-refractivity contribution < 1.29 is 4.79 Å². The Morgan fingerprint density at radius 3 is 2.70 bits per heavy atom. The number of aromatic nitrogens is 3. The lowest BCUT2D eigenvalue weighted by atomic mass is 10.1. The van der Waals surface area contributed by atoms with Gasteiger partial charge in [0.2, 0.25) is 0 Å². The minimum absolute atomic E-state index is 0.0102. The molecule has 1 aliphatic rings. The second-order valence-corrected chi connectivity index (χ2v) is 5.87. The van der Waals surface area contributed by atoms with E-state index >= 15 is 0 Å². The van der Waals surface area contributed by atoms with Crippen molar-refractivity contribution in [2.45, 2.75) is 6.54 Å². The lowest BCUT2D eigenvalue weighted by Gasteiger charge is -2.32. The van der Waals surface area contributed by atoms with Crippen molar-refractivity contribution in [3.63, 3.8) is 0 Å². The highest BCUT2D eigenvalue weighted by molar-refractivity contribution is 5.74. The summed E-state index contributed by atoms with van der Waals surface area (Å²) >= 11 is 0. The Labute approximate surface area is 135 Å². The van der Waals surface area contributed by atoms with Crippen LogP contribution >= 0.6 is 0 Å². The van der Waals surface area contributed by atoms with Crippen LogP contribution in [0.2, 0.25) is 0 Å². The fraction of sp³-hybridized carbons (Fsp3) is 0.438. The van der Waals surface area contributed by atoms with Crippen molar-refractivity contribution >= 4 is 6.03 Å². The van der Waals surface area contributed by atoms with Crippen molar-refractivity contribution in [1.82, 2.24) is 29.9 Å². The summed E-state index contributed by atoms with van der Waals surface area (Å²) in [5, 5.41) is 7.15. The normalized spacial score (nSPS) is 15.7. The van der Waals surface area contributed by atoms with Crippen molar-refractivity contribution in [3.05, 3.63) is 36.3 Å². The molecule has 122 valence electrons. The Kier molecular flexibility index (Phi) is 4.57. The highest BCUT2D eigenvalue weighted by atomic mass is 16.2. The van der Waals surface area contributed by atoms with Crippen LogP contribution in [-0.2, 0) is 13.6 Å². The van der Waals surface area contributed by atoms with Crippen LogP contribution in [0, 0.1) is 0 Å². The van der Waals surface area contributed by atoms with Crippen LogP contribution in [0.3, 0.4) is 0 Å². The topological polar surface area (TPSA) is 66.3 Å². The van der Waals surface area contributed by atoms with Gasteiger partial charge in [-0.2, -0.15) is 5.10 Å². The molecule has 0 spiro atoms. The lowest BCUT2D eigenvalue weighted by Crippen LogP contribution is -2.50. The molecule has 0 atom stereocenters. The largest absolute Gasteiger partial charge is 0.334 e. The summed E-state index contributed by atoms with van der Waals surface area (Å²) in [6, 6.07) is 3.97. The van der Waals surface area contributed by atoms with E-state index in [2.05, 4.69) is 27.3 Å². The smallest absolute Gasteiger partial charge is 0.317 e. The molecule has 0 aromatic carbocycles. The van der Waals surface area contributed by atoms with Gasteiger partial charge in [0, 0.05) is 63.9 Å². The van der Waals surface area contributed by atoms with Gasteiger partial charge in [-0.1, -0.05) is 0 Å². The maximum absolute atomic E-state index is 12.2. The zero-order valence-electron chi connectivity index (χ0n) is 13.6. The summed E-state index contributed by atoms with van der Waals surface area (Å²) in [5.74, 6) is 0. The van der Waals surface area contributed by atoms with Crippen LogP contribution in [0.4, 0.5) is 4.79 Å². The Balaban J connectivity index is 1.60. The number of carbonyl (C=O) groups excluding carboxylic acids is 1. The number of aryl methyl sites for hydroxylation is 1. The SMILES string of the molecule is CN1CCN(C(=O)NCc2cncc(-c3ccnn3C)c2)CC1. The molecule has 0 aliphatic carbocycles.